The highest BCUT2D eigenvalue weighted by molar-refractivity contribution is 6.30. The fourth-order valence-corrected chi connectivity index (χ4v) is 3.16. The normalized spacial score (nSPS) is 10.9. The molecule has 0 saturated heterocycles. The van der Waals surface area contributed by atoms with E-state index in [0.29, 0.717) is 17.1 Å². The summed E-state index contributed by atoms with van der Waals surface area (Å²) in [5, 5.41) is 3.64. The Labute approximate surface area is 161 Å². The molecule has 0 saturated carbocycles. The van der Waals surface area contributed by atoms with Gasteiger partial charge in [0.25, 0.3) is 5.91 Å². The zero-order valence-electron chi connectivity index (χ0n) is 14.7. The second kappa shape index (κ2) is 7.21. The SMILES string of the molecule is Cc1c(C(=O)NCc2ccc(Cl)cc2)cccc1-n1cnc2cccnc21. The quantitative estimate of drug-likeness (QED) is 0.577. The van der Waals surface area contributed by atoms with Crippen molar-refractivity contribution < 1.29 is 4.79 Å². The number of hydrogen-bond donors (Lipinski definition) is 1. The Morgan fingerprint density at radius 1 is 1.07 bits per heavy atom. The van der Waals surface area contributed by atoms with Crippen LogP contribution in [-0.2, 0) is 6.54 Å². The number of fused-ring (bicyclic) bond motifs is 1. The first kappa shape index (κ1) is 17.2. The molecule has 0 unspecified atom stereocenters. The molecule has 2 aromatic carbocycles. The smallest absolute Gasteiger partial charge is 0.251 e. The summed E-state index contributed by atoms with van der Waals surface area (Å²) in [5.74, 6) is -0.123. The highest BCUT2D eigenvalue weighted by Crippen LogP contribution is 2.22. The summed E-state index contributed by atoms with van der Waals surface area (Å²) in [5.41, 5.74) is 4.95. The van der Waals surface area contributed by atoms with Crippen LogP contribution in [-0.4, -0.2) is 20.4 Å². The predicted molar refractivity (Wildman–Crippen MR) is 106 cm³/mol. The van der Waals surface area contributed by atoms with Crippen LogP contribution >= 0.6 is 11.6 Å². The van der Waals surface area contributed by atoms with Crippen molar-refractivity contribution in [2.75, 3.05) is 0 Å². The molecule has 0 aliphatic rings. The number of nitrogens with zero attached hydrogens (tertiary/aromatic N) is 3. The van der Waals surface area contributed by atoms with Crippen LogP contribution in [0.15, 0.2) is 67.1 Å². The minimum atomic E-state index is -0.123. The molecule has 1 N–H and O–H groups in total. The van der Waals surface area contributed by atoms with Crippen molar-refractivity contribution in [3.63, 3.8) is 0 Å². The molecule has 27 heavy (non-hydrogen) atoms. The van der Waals surface area contributed by atoms with Crippen molar-refractivity contribution in [1.29, 1.82) is 0 Å². The van der Waals surface area contributed by atoms with Gasteiger partial charge in [-0.2, -0.15) is 0 Å². The van der Waals surface area contributed by atoms with E-state index in [2.05, 4.69) is 15.3 Å². The minimum absolute atomic E-state index is 0.123. The molecule has 134 valence electrons. The highest BCUT2D eigenvalue weighted by Gasteiger charge is 2.14. The van der Waals surface area contributed by atoms with Gasteiger partial charge < -0.3 is 5.32 Å². The number of rotatable bonds is 4. The van der Waals surface area contributed by atoms with E-state index in [1.807, 2.05) is 66.1 Å². The van der Waals surface area contributed by atoms with Crippen LogP contribution in [0.25, 0.3) is 16.9 Å². The summed E-state index contributed by atoms with van der Waals surface area (Å²) >= 11 is 5.90. The van der Waals surface area contributed by atoms with Crippen molar-refractivity contribution in [3.8, 4) is 5.69 Å². The third kappa shape index (κ3) is 3.41. The molecule has 0 bridgehead atoms. The maximum Gasteiger partial charge on any atom is 0.251 e. The van der Waals surface area contributed by atoms with Crippen LogP contribution in [0.4, 0.5) is 0 Å². The van der Waals surface area contributed by atoms with Gasteiger partial charge in [-0.15, -0.1) is 0 Å². The fraction of sp³-hybridized carbons (Fsp3) is 0.0952. The average molecular weight is 377 g/mol. The van der Waals surface area contributed by atoms with E-state index in [4.69, 9.17) is 11.6 Å². The number of pyridine rings is 1. The Morgan fingerprint density at radius 3 is 2.70 bits per heavy atom. The van der Waals surface area contributed by atoms with E-state index in [-0.39, 0.29) is 5.91 Å². The molecule has 2 heterocycles. The van der Waals surface area contributed by atoms with Gasteiger partial charge in [-0.25, -0.2) is 9.97 Å². The van der Waals surface area contributed by atoms with Crippen LogP contribution in [0, 0.1) is 6.92 Å². The summed E-state index contributed by atoms with van der Waals surface area (Å²) in [6.45, 7) is 2.37. The third-order valence-corrected chi connectivity index (χ3v) is 4.73. The van der Waals surface area contributed by atoms with Crippen LogP contribution in [0.5, 0.6) is 0 Å². The summed E-state index contributed by atoms with van der Waals surface area (Å²) in [6.07, 6.45) is 3.47. The highest BCUT2D eigenvalue weighted by atomic mass is 35.5. The van der Waals surface area contributed by atoms with Gasteiger partial charge in [0.05, 0.1) is 5.69 Å². The molecule has 0 aliphatic heterocycles. The Hall–Kier alpha value is -3.18. The molecule has 0 aliphatic carbocycles. The van der Waals surface area contributed by atoms with E-state index >= 15 is 0 Å². The Bertz CT molecular complexity index is 1120. The molecule has 4 aromatic rings. The molecule has 6 heteroatoms. The van der Waals surface area contributed by atoms with Gasteiger partial charge in [-0.05, 0) is 54.4 Å². The zero-order valence-corrected chi connectivity index (χ0v) is 15.4. The van der Waals surface area contributed by atoms with Crippen LogP contribution < -0.4 is 5.32 Å². The lowest BCUT2D eigenvalue weighted by Gasteiger charge is -2.13. The molecule has 5 nitrogen and oxygen atoms in total. The molecule has 1 amide bonds. The van der Waals surface area contributed by atoms with Gasteiger partial charge in [0, 0.05) is 23.3 Å². The number of carbonyl (C=O) groups is 1. The largest absolute Gasteiger partial charge is 0.348 e. The number of benzene rings is 2. The molecule has 2 aromatic heterocycles. The monoisotopic (exact) mass is 376 g/mol. The van der Waals surface area contributed by atoms with Crippen molar-refractivity contribution in [2.45, 2.75) is 13.5 Å². The lowest BCUT2D eigenvalue weighted by atomic mass is 10.1. The number of imidazole rings is 1. The van der Waals surface area contributed by atoms with Crippen LogP contribution in [0.3, 0.4) is 0 Å². The van der Waals surface area contributed by atoms with Gasteiger partial charge in [0.1, 0.15) is 11.8 Å². The van der Waals surface area contributed by atoms with Crippen LogP contribution in [0.2, 0.25) is 5.02 Å². The molecular formula is C21H17ClN4O. The number of amides is 1. The van der Waals surface area contributed by atoms with E-state index in [1.54, 1.807) is 12.5 Å². The van der Waals surface area contributed by atoms with Crippen molar-refractivity contribution >= 4 is 28.7 Å². The Balaban J connectivity index is 1.61. The number of hydrogen-bond acceptors (Lipinski definition) is 3. The average Bonchev–Trinajstić information content (AvgIpc) is 3.11. The molecule has 0 radical (unpaired) electrons. The number of carbonyl (C=O) groups excluding carboxylic acids is 1. The zero-order chi connectivity index (χ0) is 18.8. The Morgan fingerprint density at radius 2 is 1.89 bits per heavy atom. The lowest BCUT2D eigenvalue weighted by molar-refractivity contribution is 0.0950. The first-order chi connectivity index (χ1) is 13.1. The van der Waals surface area contributed by atoms with E-state index in [9.17, 15) is 4.79 Å². The third-order valence-electron chi connectivity index (χ3n) is 4.48. The second-order valence-corrected chi connectivity index (χ2v) is 6.66. The molecular weight excluding hydrogens is 360 g/mol. The van der Waals surface area contributed by atoms with Gasteiger partial charge >= 0.3 is 0 Å². The topological polar surface area (TPSA) is 59.8 Å². The van der Waals surface area contributed by atoms with E-state index in [1.165, 1.54) is 0 Å². The minimum Gasteiger partial charge on any atom is -0.348 e. The van der Waals surface area contributed by atoms with E-state index < -0.39 is 0 Å². The predicted octanol–water partition coefficient (Wildman–Crippen LogP) is 4.31. The van der Waals surface area contributed by atoms with Crippen molar-refractivity contribution in [2.24, 2.45) is 0 Å². The maximum absolute atomic E-state index is 12.7. The van der Waals surface area contributed by atoms with Gasteiger partial charge in [-0.3, -0.25) is 9.36 Å². The van der Waals surface area contributed by atoms with Gasteiger partial charge in [0.2, 0.25) is 0 Å². The number of halogens is 1. The molecule has 0 spiro atoms. The lowest BCUT2D eigenvalue weighted by Crippen LogP contribution is -2.24. The molecule has 0 atom stereocenters. The molecule has 0 fully saturated rings. The van der Waals surface area contributed by atoms with E-state index in [0.717, 1.165) is 28.0 Å². The standard InChI is InChI=1S/C21H17ClN4O/c1-14-17(21(27)24-12-15-7-9-16(22)10-8-15)4-2-6-19(14)26-13-25-18-5-3-11-23-20(18)26/h2-11,13H,12H2,1H3,(H,24,27). The van der Waals surface area contributed by atoms with Gasteiger partial charge in [-0.1, -0.05) is 29.8 Å². The summed E-state index contributed by atoms with van der Waals surface area (Å²) in [7, 11) is 0. The first-order valence-electron chi connectivity index (χ1n) is 8.54. The maximum atomic E-state index is 12.7. The number of aromatic nitrogens is 3. The summed E-state index contributed by atoms with van der Waals surface area (Å²) in [4.78, 5) is 21.5. The van der Waals surface area contributed by atoms with Crippen molar-refractivity contribution in [1.82, 2.24) is 19.9 Å². The summed E-state index contributed by atoms with van der Waals surface area (Å²) in [6, 6.07) is 16.8. The number of nitrogens with one attached hydrogen (secondary N) is 1. The molecule has 4 rings (SSSR count). The first-order valence-corrected chi connectivity index (χ1v) is 8.92. The fourth-order valence-electron chi connectivity index (χ4n) is 3.04. The van der Waals surface area contributed by atoms with Crippen molar-refractivity contribution in [3.05, 3.63) is 88.8 Å². The summed E-state index contributed by atoms with van der Waals surface area (Å²) < 4.78 is 1.90. The van der Waals surface area contributed by atoms with Crippen LogP contribution in [0.1, 0.15) is 21.5 Å². The second-order valence-electron chi connectivity index (χ2n) is 6.22. The van der Waals surface area contributed by atoms with Gasteiger partial charge in [0.15, 0.2) is 5.65 Å². The Kier molecular flexibility index (Phi) is 4.60.